The molecule has 90 valence electrons. The van der Waals surface area contributed by atoms with Crippen LogP contribution in [0.2, 0.25) is 0 Å². The van der Waals surface area contributed by atoms with Crippen LogP contribution >= 0.6 is 0 Å². The Morgan fingerprint density at radius 2 is 2.06 bits per heavy atom. The highest BCUT2D eigenvalue weighted by Gasteiger charge is 2.17. The fourth-order valence-electron chi connectivity index (χ4n) is 1.65. The summed E-state index contributed by atoms with van der Waals surface area (Å²) in [6.45, 7) is 2.69. The standard InChI is InChI=1S/C14H16O3/c1-2-9-16-12-7-4-3-6-11(12)14(15)13-8-5-10-17-13/h3-8,10,14-15H,2,9H2,1H3. The summed E-state index contributed by atoms with van der Waals surface area (Å²) >= 11 is 0. The van der Waals surface area contributed by atoms with Crippen LogP contribution in [0.5, 0.6) is 5.75 Å². The predicted molar refractivity (Wildman–Crippen MR) is 65.0 cm³/mol. The van der Waals surface area contributed by atoms with Crippen LogP contribution in [0.1, 0.15) is 30.8 Å². The molecule has 0 bridgehead atoms. The second-order valence-electron chi connectivity index (χ2n) is 3.80. The van der Waals surface area contributed by atoms with Crippen molar-refractivity contribution in [3.05, 3.63) is 54.0 Å². The number of benzene rings is 1. The average molecular weight is 232 g/mol. The molecule has 1 N–H and O–H groups in total. The van der Waals surface area contributed by atoms with Crippen molar-refractivity contribution in [1.29, 1.82) is 0 Å². The third-order valence-corrected chi connectivity index (χ3v) is 2.49. The Bertz CT molecular complexity index is 448. The van der Waals surface area contributed by atoms with Crippen LogP contribution < -0.4 is 4.74 Å². The lowest BCUT2D eigenvalue weighted by Gasteiger charge is -2.14. The number of hydrogen-bond donors (Lipinski definition) is 1. The van der Waals surface area contributed by atoms with E-state index in [4.69, 9.17) is 9.15 Å². The van der Waals surface area contributed by atoms with Gasteiger partial charge in [-0.3, -0.25) is 0 Å². The Morgan fingerprint density at radius 3 is 2.76 bits per heavy atom. The zero-order valence-electron chi connectivity index (χ0n) is 9.80. The summed E-state index contributed by atoms with van der Waals surface area (Å²) in [5, 5.41) is 10.2. The van der Waals surface area contributed by atoms with E-state index in [1.165, 1.54) is 0 Å². The molecule has 0 fully saturated rings. The highest BCUT2D eigenvalue weighted by atomic mass is 16.5. The molecule has 1 atom stereocenters. The van der Waals surface area contributed by atoms with E-state index in [-0.39, 0.29) is 0 Å². The molecule has 0 saturated carbocycles. The Labute approximate surface area is 101 Å². The summed E-state index contributed by atoms with van der Waals surface area (Å²) in [5.41, 5.74) is 0.732. The normalized spacial score (nSPS) is 12.4. The molecule has 1 heterocycles. The topological polar surface area (TPSA) is 42.6 Å². The fourth-order valence-corrected chi connectivity index (χ4v) is 1.65. The van der Waals surface area contributed by atoms with Crippen LogP contribution in [0, 0.1) is 0 Å². The lowest BCUT2D eigenvalue weighted by atomic mass is 10.1. The maximum absolute atomic E-state index is 10.2. The van der Waals surface area contributed by atoms with Crippen LogP contribution in [0.4, 0.5) is 0 Å². The van der Waals surface area contributed by atoms with Gasteiger partial charge in [0, 0.05) is 5.56 Å². The van der Waals surface area contributed by atoms with Gasteiger partial charge >= 0.3 is 0 Å². The van der Waals surface area contributed by atoms with E-state index in [9.17, 15) is 5.11 Å². The van der Waals surface area contributed by atoms with E-state index in [0.717, 1.165) is 12.0 Å². The van der Waals surface area contributed by atoms with Crippen molar-refractivity contribution in [2.45, 2.75) is 19.4 Å². The number of furan rings is 1. The zero-order valence-corrected chi connectivity index (χ0v) is 9.80. The zero-order chi connectivity index (χ0) is 12.1. The third-order valence-electron chi connectivity index (χ3n) is 2.49. The number of hydrogen-bond acceptors (Lipinski definition) is 3. The maximum Gasteiger partial charge on any atom is 0.140 e. The predicted octanol–water partition coefficient (Wildman–Crippen LogP) is 3.15. The molecule has 3 heteroatoms. The van der Waals surface area contributed by atoms with Crippen LogP contribution in [0.15, 0.2) is 47.1 Å². The molecule has 0 aliphatic heterocycles. The molecule has 0 aliphatic carbocycles. The van der Waals surface area contributed by atoms with E-state index < -0.39 is 6.10 Å². The van der Waals surface area contributed by atoms with Crippen molar-refractivity contribution in [1.82, 2.24) is 0 Å². The molecule has 1 unspecified atom stereocenters. The first-order chi connectivity index (χ1) is 8.33. The average Bonchev–Trinajstić information content (AvgIpc) is 2.89. The van der Waals surface area contributed by atoms with Crippen molar-refractivity contribution in [3.8, 4) is 5.75 Å². The van der Waals surface area contributed by atoms with Crippen molar-refractivity contribution >= 4 is 0 Å². The van der Waals surface area contributed by atoms with E-state index in [1.807, 2.05) is 31.2 Å². The van der Waals surface area contributed by atoms with Gasteiger partial charge in [0.15, 0.2) is 0 Å². The van der Waals surface area contributed by atoms with Crippen molar-refractivity contribution < 1.29 is 14.3 Å². The Morgan fingerprint density at radius 1 is 1.24 bits per heavy atom. The molecule has 17 heavy (non-hydrogen) atoms. The molecule has 0 amide bonds. The van der Waals surface area contributed by atoms with E-state index in [1.54, 1.807) is 18.4 Å². The summed E-state index contributed by atoms with van der Waals surface area (Å²) in [5.74, 6) is 1.23. The second-order valence-corrected chi connectivity index (χ2v) is 3.80. The smallest absolute Gasteiger partial charge is 0.140 e. The molecular weight excluding hydrogens is 216 g/mol. The van der Waals surface area contributed by atoms with Gasteiger partial charge in [0.1, 0.15) is 17.6 Å². The highest BCUT2D eigenvalue weighted by molar-refractivity contribution is 5.38. The first-order valence-electron chi connectivity index (χ1n) is 5.76. The Hall–Kier alpha value is -1.74. The van der Waals surface area contributed by atoms with Crippen molar-refractivity contribution in [2.75, 3.05) is 6.61 Å². The SMILES string of the molecule is CCCOc1ccccc1C(O)c1ccco1. The minimum atomic E-state index is -0.780. The largest absolute Gasteiger partial charge is 0.493 e. The highest BCUT2D eigenvalue weighted by Crippen LogP contribution is 2.30. The Balaban J connectivity index is 2.25. The van der Waals surface area contributed by atoms with Gasteiger partial charge in [-0.25, -0.2) is 0 Å². The van der Waals surface area contributed by atoms with Gasteiger partial charge in [-0.1, -0.05) is 25.1 Å². The van der Waals surface area contributed by atoms with Gasteiger partial charge in [-0.2, -0.15) is 0 Å². The van der Waals surface area contributed by atoms with Crippen molar-refractivity contribution in [2.24, 2.45) is 0 Å². The first-order valence-corrected chi connectivity index (χ1v) is 5.76. The first kappa shape index (κ1) is 11.7. The molecule has 0 aliphatic rings. The number of para-hydroxylation sites is 1. The molecule has 3 nitrogen and oxygen atoms in total. The fraction of sp³-hybridized carbons (Fsp3) is 0.286. The summed E-state index contributed by atoms with van der Waals surface area (Å²) < 4.78 is 10.8. The van der Waals surface area contributed by atoms with Gasteiger partial charge in [0.2, 0.25) is 0 Å². The van der Waals surface area contributed by atoms with Crippen LogP contribution in [0.3, 0.4) is 0 Å². The van der Waals surface area contributed by atoms with Crippen LogP contribution in [-0.2, 0) is 0 Å². The minimum absolute atomic E-state index is 0.526. The monoisotopic (exact) mass is 232 g/mol. The van der Waals surface area contributed by atoms with Crippen LogP contribution in [0.25, 0.3) is 0 Å². The maximum atomic E-state index is 10.2. The molecule has 2 rings (SSSR count). The summed E-state index contributed by atoms with van der Waals surface area (Å²) in [7, 11) is 0. The third kappa shape index (κ3) is 2.68. The number of aliphatic hydroxyl groups excluding tert-OH is 1. The van der Waals surface area contributed by atoms with E-state index in [0.29, 0.717) is 18.1 Å². The lowest BCUT2D eigenvalue weighted by Crippen LogP contribution is -2.03. The molecular formula is C14H16O3. The molecule has 0 saturated heterocycles. The van der Waals surface area contributed by atoms with Gasteiger partial charge in [0.25, 0.3) is 0 Å². The van der Waals surface area contributed by atoms with Gasteiger partial charge < -0.3 is 14.3 Å². The van der Waals surface area contributed by atoms with Gasteiger partial charge in [0.05, 0.1) is 12.9 Å². The quantitative estimate of drug-likeness (QED) is 0.861. The Kier molecular flexibility index (Phi) is 3.83. The number of ether oxygens (including phenoxy) is 1. The molecule has 1 aromatic carbocycles. The van der Waals surface area contributed by atoms with E-state index >= 15 is 0 Å². The number of aliphatic hydroxyl groups is 1. The summed E-state index contributed by atoms with van der Waals surface area (Å²) in [6.07, 6.45) is 1.71. The van der Waals surface area contributed by atoms with Gasteiger partial charge in [-0.15, -0.1) is 0 Å². The lowest BCUT2D eigenvalue weighted by molar-refractivity contribution is 0.182. The molecule has 1 aromatic heterocycles. The molecule has 2 aromatic rings. The molecule has 0 radical (unpaired) electrons. The number of rotatable bonds is 5. The molecule has 0 spiro atoms. The van der Waals surface area contributed by atoms with E-state index in [2.05, 4.69) is 0 Å². The van der Waals surface area contributed by atoms with Crippen LogP contribution in [-0.4, -0.2) is 11.7 Å². The van der Waals surface area contributed by atoms with Crippen molar-refractivity contribution in [3.63, 3.8) is 0 Å². The second kappa shape index (κ2) is 5.55. The summed E-state index contributed by atoms with van der Waals surface area (Å²) in [6, 6.07) is 11.0. The minimum Gasteiger partial charge on any atom is -0.493 e. The summed E-state index contributed by atoms with van der Waals surface area (Å²) in [4.78, 5) is 0. The van der Waals surface area contributed by atoms with Gasteiger partial charge in [-0.05, 0) is 24.6 Å².